The van der Waals surface area contributed by atoms with E-state index < -0.39 is 34.2 Å². The summed E-state index contributed by atoms with van der Waals surface area (Å²) in [7, 11) is -3.30. The van der Waals surface area contributed by atoms with Gasteiger partial charge in [0.1, 0.15) is 0 Å². The van der Waals surface area contributed by atoms with Crippen molar-refractivity contribution in [2.75, 3.05) is 30.9 Å². The summed E-state index contributed by atoms with van der Waals surface area (Å²) in [5, 5.41) is 5.20. The molecule has 1 N–H and O–H groups in total. The van der Waals surface area contributed by atoms with Crippen LogP contribution in [0.3, 0.4) is 0 Å². The second-order valence-electron chi connectivity index (χ2n) is 6.00. The standard InChI is InChI=1S/C15H14F3N5O4S2/c16-15(17,18)10-7-9(1-2-11(10)20-29(26)27)13(24)22-3-5-23(6-4-22)14(25)12-8-28-21-19-12/h1-2,7-8,29H,3-6H2,(H,20,26,27). The fourth-order valence-corrected chi connectivity index (χ4v) is 3.64. The fourth-order valence-electron chi connectivity index (χ4n) is 2.82. The topological polar surface area (TPSA) is 113 Å². The summed E-state index contributed by atoms with van der Waals surface area (Å²) in [6.07, 6.45) is -4.85. The minimum atomic E-state index is -4.85. The maximum atomic E-state index is 13.2. The first-order chi connectivity index (χ1) is 13.7. The Balaban J connectivity index is 1.73. The Morgan fingerprint density at radius 3 is 2.21 bits per heavy atom. The first kappa shape index (κ1) is 21.0. The predicted molar refractivity (Wildman–Crippen MR) is 97.1 cm³/mol. The van der Waals surface area contributed by atoms with Crippen LogP contribution in [-0.2, 0) is 17.1 Å². The Morgan fingerprint density at radius 1 is 1.07 bits per heavy atom. The van der Waals surface area contributed by atoms with E-state index in [1.807, 2.05) is 0 Å². The quantitative estimate of drug-likeness (QED) is 0.676. The largest absolute Gasteiger partial charge is 0.418 e. The molecule has 29 heavy (non-hydrogen) atoms. The smallest absolute Gasteiger partial charge is 0.335 e. The lowest BCUT2D eigenvalue weighted by Crippen LogP contribution is -2.50. The van der Waals surface area contributed by atoms with Gasteiger partial charge in [-0.3, -0.25) is 14.3 Å². The van der Waals surface area contributed by atoms with Crippen LogP contribution in [0.5, 0.6) is 0 Å². The average Bonchev–Trinajstić information content (AvgIpc) is 3.21. The number of anilines is 1. The lowest BCUT2D eigenvalue weighted by molar-refractivity contribution is -0.136. The number of piperazine rings is 1. The highest BCUT2D eigenvalue weighted by Gasteiger charge is 2.35. The molecule has 0 saturated carbocycles. The summed E-state index contributed by atoms with van der Waals surface area (Å²) >= 11 is 1.03. The van der Waals surface area contributed by atoms with Crippen LogP contribution < -0.4 is 4.72 Å². The van der Waals surface area contributed by atoms with Crippen LogP contribution in [0.4, 0.5) is 18.9 Å². The first-order valence-corrected chi connectivity index (χ1v) is 10.2. The lowest BCUT2D eigenvalue weighted by atomic mass is 10.1. The van der Waals surface area contributed by atoms with E-state index >= 15 is 0 Å². The molecule has 1 aromatic heterocycles. The van der Waals surface area contributed by atoms with Crippen LogP contribution in [0.25, 0.3) is 0 Å². The monoisotopic (exact) mass is 449 g/mol. The van der Waals surface area contributed by atoms with Gasteiger partial charge >= 0.3 is 6.18 Å². The maximum absolute atomic E-state index is 13.2. The van der Waals surface area contributed by atoms with E-state index in [-0.39, 0.29) is 43.3 Å². The third-order valence-corrected chi connectivity index (χ3v) is 5.14. The van der Waals surface area contributed by atoms with E-state index in [1.54, 1.807) is 4.72 Å². The number of nitrogens with zero attached hydrogens (tertiary/aromatic N) is 4. The Hall–Kier alpha value is -2.74. The number of halogens is 3. The molecular formula is C15H14F3N5O4S2. The SMILES string of the molecule is O=C(c1ccc(N[SH](=O)=O)c(C(F)(F)F)c1)N1CCN(C(=O)c2csnn2)CC1. The normalized spacial score (nSPS) is 14.9. The van der Waals surface area contributed by atoms with Gasteiger partial charge in [-0.15, -0.1) is 5.10 Å². The number of nitrogens with one attached hydrogen (secondary N) is 1. The lowest BCUT2D eigenvalue weighted by Gasteiger charge is -2.34. The molecule has 0 atom stereocenters. The number of rotatable bonds is 4. The van der Waals surface area contributed by atoms with E-state index in [1.165, 1.54) is 15.2 Å². The molecule has 1 saturated heterocycles. The number of alkyl halides is 3. The molecule has 1 aromatic carbocycles. The van der Waals surface area contributed by atoms with Crippen molar-refractivity contribution in [2.24, 2.45) is 0 Å². The van der Waals surface area contributed by atoms with E-state index in [4.69, 9.17) is 0 Å². The number of benzene rings is 1. The molecule has 0 radical (unpaired) electrons. The molecule has 1 aliphatic heterocycles. The number of aromatic nitrogens is 2. The van der Waals surface area contributed by atoms with Crippen LogP contribution in [-0.4, -0.2) is 65.8 Å². The third-order valence-electron chi connectivity index (χ3n) is 4.22. The van der Waals surface area contributed by atoms with Gasteiger partial charge in [-0.25, -0.2) is 8.42 Å². The van der Waals surface area contributed by atoms with Gasteiger partial charge in [-0.2, -0.15) is 13.2 Å². The summed E-state index contributed by atoms with van der Waals surface area (Å²) in [5.74, 6) is -0.969. The number of hydrogen-bond donors (Lipinski definition) is 2. The number of thiol groups is 1. The molecule has 0 aliphatic carbocycles. The van der Waals surface area contributed by atoms with Crippen molar-refractivity contribution in [1.82, 2.24) is 19.4 Å². The summed E-state index contributed by atoms with van der Waals surface area (Å²) < 4.78 is 66.5. The molecule has 9 nitrogen and oxygen atoms in total. The molecule has 14 heteroatoms. The van der Waals surface area contributed by atoms with Gasteiger partial charge in [0.05, 0.1) is 11.3 Å². The highest BCUT2D eigenvalue weighted by atomic mass is 32.2. The van der Waals surface area contributed by atoms with Crippen molar-refractivity contribution in [2.45, 2.75) is 6.18 Å². The zero-order chi connectivity index (χ0) is 21.2. The van der Waals surface area contributed by atoms with Crippen molar-refractivity contribution >= 4 is 39.9 Å². The molecule has 0 unspecified atom stereocenters. The van der Waals surface area contributed by atoms with E-state index in [0.29, 0.717) is 6.07 Å². The molecule has 3 rings (SSSR count). The summed E-state index contributed by atoms with van der Waals surface area (Å²) in [5.41, 5.74) is -1.94. The highest BCUT2D eigenvalue weighted by molar-refractivity contribution is 7.73. The highest BCUT2D eigenvalue weighted by Crippen LogP contribution is 2.35. The van der Waals surface area contributed by atoms with Gasteiger partial charge in [0.25, 0.3) is 11.8 Å². The Kier molecular flexibility index (Phi) is 6.02. The van der Waals surface area contributed by atoms with Crippen LogP contribution in [0.2, 0.25) is 0 Å². The predicted octanol–water partition coefficient (Wildman–Crippen LogP) is 1.09. The second kappa shape index (κ2) is 8.32. The number of carbonyl (C=O) groups excluding carboxylic acids is 2. The van der Waals surface area contributed by atoms with E-state index in [2.05, 4.69) is 9.59 Å². The number of hydrogen-bond acceptors (Lipinski definition) is 7. The Morgan fingerprint density at radius 2 is 1.69 bits per heavy atom. The van der Waals surface area contributed by atoms with Gasteiger partial charge in [-0.1, -0.05) is 4.49 Å². The van der Waals surface area contributed by atoms with Crippen molar-refractivity contribution in [3.05, 3.63) is 40.4 Å². The third kappa shape index (κ3) is 4.82. The van der Waals surface area contributed by atoms with E-state index in [0.717, 1.165) is 23.7 Å². The summed E-state index contributed by atoms with van der Waals surface area (Å²) in [6.45, 7) is 0.668. The van der Waals surface area contributed by atoms with Gasteiger partial charge in [0.2, 0.25) is 10.9 Å². The molecule has 2 aromatic rings. The van der Waals surface area contributed by atoms with Gasteiger partial charge in [0, 0.05) is 37.1 Å². The van der Waals surface area contributed by atoms with Gasteiger partial charge in [-0.05, 0) is 29.7 Å². The molecule has 1 aliphatic rings. The zero-order valence-corrected chi connectivity index (χ0v) is 16.3. The summed E-state index contributed by atoms with van der Waals surface area (Å²) in [4.78, 5) is 27.7. The minimum absolute atomic E-state index is 0.135. The molecule has 2 amide bonds. The van der Waals surface area contributed by atoms with Crippen molar-refractivity contribution in [3.63, 3.8) is 0 Å². The molecule has 0 bridgehead atoms. The molecule has 156 valence electrons. The minimum Gasteiger partial charge on any atom is -0.335 e. The fraction of sp³-hybridized carbons (Fsp3) is 0.333. The molecular weight excluding hydrogens is 435 g/mol. The van der Waals surface area contributed by atoms with Gasteiger partial charge < -0.3 is 9.80 Å². The summed E-state index contributed by atoms with van der Waals surface area (Å²) in [6, 6.07) is 2.63. The molecule has 0 spiro atoms. The van der Waals surface area contributed by atoms with Crippen LogP contribution in [0.1, 0.15) is 26.4 Å². The first-order valence-electron chi connectivity index (χ1n) is 8.14. The van der Waals surface area contributed by atoms with Crippen LogP contribution in [0.15, 0.2) is 23.6 Å². The maximum Gasteiger partial charge on any atom is 0.418 e. The number of carbonyl (C=O) groups is 2. The zero-order valence-electron chi connectivity index (χ0n) is 14.5. The van der Waals surface area contributed by atoms with Crippen molar-refractivity contribution in [3.8, 4) is 0 Å². The van der Waals surface area contributed by atoms with Crippen molar-refractivity contribution < 1.29 is 31.2 Å². The van der Waals surface area contributed by atoms with Crippen molar-refractivity contribution in [1.29, 1.82) is 0 Å². The molecule has 2 heterocycles. The van der Waals surface area contributed by atoms with Crippen LogP contribution >= 0.6 is 11.5 Å². The van der Waals surface area contributed by atoms with Gasteiger partial charge in [0.15, 0.2) is 5.69 Å². The number of amides is 2. The Labute approximate surface area is 168 Å². The molecule has 1 fully saturated rings. The van der Waals surface area contributed by atoms with E-state index in [9.17, 15) is 31.2 Å². The van der Waals surface area contributed by atoms with Crippen LogP contribution in [0, 0.1) is 0 Å². The average molecular weight is 449 g/mol. The second-order valence-corrected chi connectivity index (χ2v) is 7.35. The Bertz CT molecular complexity index is 978.